The van der Waals surface area contributed by atoms with Gasteiger partial charge in [0.25, 0.3) is 0 Å². The van der Waals surface area contributed by atoms with Crippen molar-refractivity contribution in [2.45, 2.75) is 56.1 Å². The van der Waals surface area contributed by atoms with Gasteiger partial charge in [0, 0.05) is 12.0 Å². The second kappa shape index (κ2) is 6.09. The molecule has 1 aliphatic carbocycles. The lowest BCUT2D eigenvalue weighted by Gasteiger charge is -2.56. The number of phenols is 1. The normalized spacial score (nSPS) is 43.6. The number of phenolic OH excluding ortho intramolecular Hbond substituents is 1. The molecule has 154 valence electrons. The molecule has 3 heterocycles. The SMILES string of the molecule is C[C@@H]1C[C@@H](O)[C@H](O)C2(O1)O[C@@H]1CC(=O)O[C@@H]1C1C(=O)c3cccc(O)c3C(=O)C12. The zero-order valence-electron chi connectivity index (χ0n) is 15.5. The second-order valence-corrected chi connectivity index (χ2v) is 8.14. The van der Waals surface area contributed by atoms with Gasteiger partial charge in [-0.05, 0) is 13.0 Å². The lowest BCUT2D eigenvalue weighted by molar-refractivity contribution is -0.388. The van der Waals surface area contributed by atoms with Crippen molar-refractivity contribution in [2.75, 3.05) is 0 Å². The van der Waals surface area contributed by atoms with Gasteiger partial charge in [0.1, 0.15) is 24.1 Å². The van der Waals surface area contributed by atoms with Crippen molar-refractivity contribution in [3.63, 3.8) is 0 Å². The van der Waals surface area contributed by atoms with E-state index in [2.05, 4.69) is 0 Å². The molecule has 9 nitrogen and oxygen atoms in total. The lowest BCUT2D eigenvalue weighted by Crippen LogP contribution is -2.72. The monoisotopic (exact) mass is 404 g/mol. The molecule has 29 heavy (non-hydrogen) atoms. The molecule has 3 saturated heterocycles. The van der Waals surface area contributed by atoms with Gasteiger partial charge in [0.15, 0.2) is 11.6 Å². The fourth-order valence-electron chi connectivity index (χ4n) is 5.23. The molecule has 9 heteroatoms. The second-order valence-electron chi connectivity index (χ2n) is 8.14. The Balaban J connectivity index is 1.73. The molecule has 3 fully saturated rings. The Morgan fingerprint density at radius 2 is 1.86 bits per heavy atom. The van der Waals surface area contributed by atoms with Gasteiger partial charge in [-0.25, -0.2) is 0 Å². The first-order valence-corrected chi connectivity index (χ1v) is 9.56. The summed E-state index contributed by atoms with van der Waals surface area (Å²) in [6, 6.07) is 4.16. The minimum atomic E-state index is -2.04. The maximum Gasteiger partial charge on any atom is 0.308 e. The lowest BCUT2D eigenvalue weighted by atomic mass is 9.63. The van der Waals surface area contributed by atoms with Crippen LogP contribution in [0, 0.1) is 11.8 Å². The Bertz CT molecular complexity index is 927. The van der Waals surface area contributed by atoms with Crippen LogP contribution in [0.3, 0.4) is 0 Å². The molecule has 3 N–H and O–H groups in total. The van der Waals surface area contributed by atoms with E-state index in [4.69, 9.17) is 14.2 Å². The van der Waals surface area contributed by atoms with Crippen LogP contribution >= 0.6 is 0 Å². The zero-order valence-corrected chi connectivity index (χ0v) is 15.5. The average Bonchev–Trinajstić information content (AvgIpc) is 3.02. The van der Waals surface area contributed by atoms with Crippen LogP contribution in [0.25, 0.3) is 0 Å². The van der Waals surface area contributed by atoms with Crippen LogP contribution in [0.1, 0.15) is 40.5 Å². The number of fused-ring (bicyclic) bond motifs is 5. The molecule has 1 spiro atoms. The minimum absolute atomic E-state index is 0.0221. The molecule has 1 aromatic rings. The van der Waals surface area contributed by atoms with Crippen LogP contribution in [-0.2, 0) is 19.0 Å². The van der Waals surface area contributed by atoms with Crippen LogP contribution < -0.4 is 0 Å². The highest BCUT2D eigenvalue weighted by atomic mass is 16.7. The number of ether oxygens (including phenoxy) is 3. The van der Waals surface area contributed by atoms with Crippen molar-refractivity contribution in [3.8, 4) is 5.75 Å². The van der Waals surface area contributed by atoms with E-state index < -0.39 is 65.7 Å². The first kappa shape index (κ1) is 18.7. The van der Waals surface area contributed by atoms with Gasteiger partial charge >= 0.3 is 5.97 Å². The number of aliphatic hydroxyl groups is 2. The number of ketones is 2. The molecule has 0 radical (unpaired) electrons. The van der Waals surface area contributed by atoms with Crippen LogP contribution in [-0.4, -0.2) is 69.2 Å². The number of aliphatic hydroxyl groups excluding tert-OH is 2. The first-order chi connectivity index (χ1) is 13.7. The molecule has 8 atom stereocenters. The molecule has 4 aliphatic rings. The number of benzene rings is 1. The topological polar surface area (TPSA) is 140 Å². The third-order valence-electron chi connectivity index (χ3n) is 6.36. The van der Waals surface area contributed by atoms with E-state index in [9.17, 15) is 29.7 Å². The minimum Gasteiger partial charge on any atom is -0.507 e. The highest BCUT2D eigenvalue weighted by molar-refractivity contribution is 6.18. The summed E-state index contributed by atoms with van der Waals surface area (Å²) in [5, 5.41) is 31.5. The summed E-state index contributed by atoms with van der Waals surface area (Å²) in [4.78, 5) is 38.9. The van der Waals surface area contributed by atoms with Crippen molar-refractivity contribution < 1.29 is 43.9 Å². The number of aromatic hydroxyl groups is 1. The highest BCUT2D eigenvalue weighted by Gasteiger charge is 2.70. The van der Waals surface area contributed by atoms with E-state index in [0.29, 0.717) is 0 Å². The average molecular weight is 404 g/mol. The van der Waals surface area contributed by atoms with Crippen molar-refractivity contribution >= 4 is 17.5 Å². The third-order valence-corrected chi connectivity index (χ3v) is 6.36. The van der Waals surface area contributed by atoms with Crippen molar-refractivity contribution in [1.82, 2.24) is 0 Å². The Morgan fingerprint density at radius 3 is 2.62 bits per heavy atom. The van der Waals surface area contributed by atoms with Gasteiger partial charge in [0.05, 0.1) is 36.0 Å². The fraction of sp³-hybridized carbons (Fsp3) is 0.550. The summed E-state index contributed by atoms with van der Waals surface area (Å²) < 4.78 is 17.2. The number of Topliss-reactive ketones (excluding diaryl/α,β-unsaturated/α-hetero) is 2. The smallest absolute Gasteiger partial charge is 0.308 e. The molecular formula is C20H20O9. The molecule has 5 rings (SSSR count). The predicted octanol–water partition coefficient (Wildman–Crippen LogP) is -0.0552. The summed E-state index contributed by atoms with van der Waals surface area (Å²) in [6.45, 7) is 1.65. The van der Waals surface area contributed by atoms with E-state index in [1.807, 2.05) is 0 Å². The van der Waals surface area contributed by atoms with Gasteiger partial charge in [-0.2, -0.15) is 0 Å². The molecule has 0 aromatic heterocycles. The number of esters is 1. The van der Waals surface area contributed by atoms with E-state index in [1.54, 1.807) is 6.92 Å². The molecule has 3 unspecified atom stereocenters. The van der Waals surface area contributed by atoms with Crippen LogP contribution in [0.5, 0.6) is 5.75 Å². The maximum absolute atomic E-state index is 13.5. The zero-order chi connectivity index (χ0) is 20.7. The molecule has 3 aliphatic heterocycles. The van der Waals surface area contributed by atoms with Crippen LogP contribution in [0.4, 0.5) is 0 Å². The number of hydrogen-bond donors (Lipinski definition) is 3. The largest absolute Gasteiger partial charge is 0.507 e. The van der Waals surface area contributed by atoms with Crippen LogP contribution in [0.15, 0.2) is 18.2 Å². The number of carbonyl (C=O) groups is 3. The molecule has 1 aromatic carbocycles. The number of rotatable bonds is 0. The summed E-state index contributed by atoms with van der Waals surface area (Å²) in [5.41, 5.74) is -0.165. The van der Waals surface area contributed by atoms with E-state index >= 15 is 0 Å². The Hall–Kier alpha value is -2.33. The van der Waals surface area contributed by atoms with E-state index in [1.165, 1.54) is 18.2 Å². The fourth-order valence-corrected chi connectivity index (χ4v) is 5.23. The van der Waals surface area contributed by atoms with Gasteiger partial charge in [0.2, 0.25) is 5.79 Å². The molecule has 0 bridgehead atoms. The van der Waals surface area contributed by atoms with Gasteiger partial charge < -0.3 is 29.5 Å². The summed E-state index contributed by atoms with van der Waals surface area (Å²) >= 11 is 0. The van der Waals surface area contributed by atoms with Crippen molar-refractivity contribution in [3.05, 3.63) is 29.3 Å². The first-order valence-electron chi connectivity index (χ1n) is 9.56. The highest BCUT2D eigenvalue weighted by Crippen LogP contribution is 2.53. The Kier molecular flexibility index (Phi) is 3.92. The van der Waals surface area contributed by atoms with Crippen molar-refractivity contribution in [2.24, 2.45) is 11.8 Å². The summed E-state index contributed by atoms with van der Waals surface area (Å²) in [5.74, 6) is -6.72. The summed E-state index contributed by atoms with van der Waals surface area (Å²) in [6.07, 6.45) is -5.46. The predicted molar refractivity (Wildman–Crippen MR) is 93.0 cm³/mol. The Morgan fingerprint density at radius 1 is 1.10 bits per heavy atom. The number of hydrogen-bond acceptors (Lipinski definition) is 9. The van der Waals surface area contributed by atoms with E-state index in [-0.39, 0.29) is 29.7 Å². The summed E-state index contributed by atoms with van der Waals surface area (Å²) in [7, 11) is 0. The van der Waals surface area contributed by atoms with E-state index in [0.717, 1.165) is 0 Å². The maximum atomic E-state index is 13.5. The molecule has 0 saturated carbocycles. The van der Waals surface area contributed by atoms with Crippen molar-refractivity contribution in [1.29, 1.82) is 0 Å². The Labute approximate surface area is 165 Å². The molecule has 0 amide bonds. The van der Waals surface area contributed by atoms with Gasteiger partial charge in [-0.15, -0.1) is 0 Å². The third kappa shape index (κ3) is 2.38. The molecular weight excluding hydrogens is 384 g/mol. The van der Waals surface area contributed by atoms with Gasteiger partial charge in [-0.1, -0.05) is 12.1 Å². The number of carbonyl (C=O) groups excluding carboxylic acids is 3. The van der Waals surface area contributed by atoms with Crippen LogP contribution in [0.2, 0.25) is 0 Å². The quantitative estimate of drug-likeness (QED) is 0.508. The van der Waals surface area contributed by atoms with Gasteiger partial charge in [-0.3, -0.25) is 14.4 Å². The standard InChI is InChI=1S/C20H20O9/c1-7-5-10(22)19(26)20(28-7)15-14(18-11(29-20)6-12(23)27-18)16(24)8-3-2-4-9(21)13(8)17(15)25/h2-4,7,10-11,14-15,18-19,21-22,26H,5-6H2,1H3/t7-,10-,11-,14?,15?,18+,19+,20?/m1/s1.